The average molecular weight is 323 g/mol. The van der Waals surface area contributed by atoms with Crippen molar-refractivity contribution < 1.29 is 19.4 Å². The predicted molar refractivity (Wildman–Crippen MR) is 84.0 cm³/mol. The van der Waals surface area contributed by atoms with Crippen LogP contribution in [0.25, 0.3) is 0 Å². The van der Waals surface area contributed by atoms with Gasteiger partial charge in [0.2, 0.25) is 0 Å². The van der Waals surface area contributed by atoms with Crippen LogP contribution in [-0.4, -0.2) is 43.3 Å². The molecule has 1 amide bonds. The van der Waals surface area contributed by atoms with E-state index in [4.69, 9.17) is 4.74 Å². The molecule has 0 saturated heterocycles. The zero-order valence-electron chi connectivity index (χ0n) is 14.2. The number of carbonyl (C=O) groups excluding carboxylic acids is 1. The van der Waals surface area contributed by atoms with Crippen LogP contribution >= 0.6 is 0 Å². The molecule has 1 saturated carbocycles. The summed E-state index contributed by atoms with van der Waals surface area (Å²) in [6.45, 7) is 7.98. The first-order chi connectivity index (χ1) is 10.7. The van der Waals surface area contributed by atoms with Crippen LogP contribution < -0.4 is 0 Å². The summed E-state index contributed by atoms with van der Waals surface area (Å²) in [7, 11) is 0. The van der Waals surface area contributed by atoms with Crippen LogP contribution in [0.5, 0.6) is 0 Å². The second-order valence-corrected chi connectivity index (χ2v) is 6.87. The second kappa shape index (κ2) is 6.60. The highest BCUT2D eigenvalue weighted by Gasteiger charge is 2.44. The molecule has 1 atom stereocenters. The molecule has 1 unspecified atom stereocenters. The van der Waals surface area contributed by atoms with Crippen molar-refractivity contribution >= 4 is 12.1 Å². The first-order valence-electron chi connectivity index (χ1n) is 7.98. The molecule has 0 spiro atoms. The van der Waals surface area contributed by atoms with Crippen molar-refractivity contribution in [1.82, 2.24) is 14.5 Å². The normalized spacial score (nSPS) is 16.0. The Labute approximate surface area is 136 Å². The number of hydrogen-bond acceptors (Lipinski definition) is 4. The lowest BCUT2D eigenvalue weighted by Crippen LogP contribution is -2.44. The molecule has 7 nitrogen and oxygen atoms in total. The highest BCUT2D eigenvalue weighted by molar-refractivity contribution is 5.81. The summed E-state index contributed by atoms with van der Waals surface area (Å²) in [5.41, 5.74) is -0.158. The van der Waals surface area contributed by atoms with Crippen molar-refractivity contribution in [3.05, 3.63) is 18.2 Å². The average Bonchev–Trinajstić information content (AvgIpc) is 3.14. The molecule has 128 valence electrons. The third kappa shape index (κ3) is 4.24. The number of carboxylic acid groups (broad SMARTS) is 1. The van der Waals surface area contributed by atoms with Gasteiger partial charge < -0.3 is 14.4 Å². The van der Waals surface area contributed by atoms with Crippen LogP contribution in [0.2, 0.25) is 0 Å². The molecule has 0 radical (unpaired) electrons. The Hall–Kier alpha value is -2.05. The summed E-state index contributed by atoms with van der Waals surface area (Å²) >= 11 is 0. The van der Waals surface area contributed by atoms with Crippen LogP contribution in [0.15, 0.2) is 12.5 Å². The van der Waals surface area contributed by atoms with Gasteiger partial charge in [-0.25, -0.2) is 14.6 Å². The topological polar surface area (TPSA) is 84.7 Å². The van der Waals surface area contributed by atoms with Gasteiger partial charge in [-0.05, 0) is 40.0 Å². The van der Waals surface area contributed by atoms with Gasteiger partial charge in [0.05, 0.1) is 18.2 Å². The van der Waals surface area contributed by atoms with Gasteiger partial charge in [-0.1, -0.05) is 6.92 Å². The summed E-state index contributed by atoms with van der Waals surface area (Å²) in [4.78, 5) is 29.9. The summed E-state index contributed by atoms with van der Waals surface area (Å²) in [5, 5.41) is 9.74. The highest BCUT2D eigenvalue weighted by atomic mass is 16.6. The van der Waals surface area contributed by atoms with E-state index < -0.39 is 23.7 Å². The summed E-state index contributed by atoms with van der Waals surface area (Å²) in [6.07, 6.45) is 4.99. The molecule has 1 aliphatic rings. The van der Waals surface area contributed by atoms with Crippen LogP contribution in [0, 0.1) is 0 Å². The monoisotopic (exact) mass is 323 g/mol. The van der Waals surface area contributed by atoms with Crippen molar-refractivity contribution in [2.24, 2.45) is 0 Å². The molecule has 7 heteroatoms. The van der Waals surface area contributed by atoms with E-state index in [-0.39, 0.29) is 6.04 Å². The van der Waals surface area contributed by atoms with Crippen LogP contribution in [0.3, 0.4) is 0 Å². The number of aryl methyl sites for hydroxylation is 1. The second-order valence-electron chi connectivity index (χ2n) is 6.87. The van der Waals surface area contributed by atoms with E-state index in [0.717, 1.165) is 19.3 Å². The van der Waals surface area contributed by atoms with E-state index in [2.05, 4.69) is 4.98 Å². The number of hydrogen-bond donors (Lipinski definition) is 1. The first kappa shape index (κ1) is 17.3. The number of carboxylic acids is 1. The zero-order valence-corrected chi connectivity index (χ0v) is 14.2. The van der Waals surface area contributed by atoms with Crippen molar-refractivity contribution in [3.63, 3.8) is 0 Å². The minimum absolute atomic E-state index is 0.0871. The highest BCUT2D eigenvalue weighted by Crippen LogP contribution is 2.36. The molecular formula is C16H25N3O4. The number of imidazole rings is 1. The van der Waals surface area contributed by atoms with Crippen molar-refractivity contribution in [1.29, 1.82) is 0 Å². The number of nitrogens with zero attached hydrogens (tertiary/aromatic N) is 3. The Balaban J connectivity index is 2.34. The maximum Gasteiger partial charge on any atom is 0.411 e. The number of aromatic nitrogens is 2. The third-order valence-electron chi connectivity index (χ3n) is 3.55. The quantitative estimate of drug-likeness (QED) is 0.870. The Morgan fingerprint density at radius 2 is 2.13 bits per heavy atom. The maximum absolute atomic E-state index is 12.6. The molecule has 1 aliphatic carbocycles. The molecule has 0 aliphatic heterocycles. The van der Waals surface area contributed by atoms with E-state index in [1.54, 1.807) is 31.7 Å². The summed E-state index contributed by atoms with van der Waals surface area (Å²) < 4.78 is 7.21. The minimum Gasteiger partial charge on any atom is -0.479 e. The minimum atomic E-state index is -1.08. The number of aliphatic carboxylic acids is 1. The maximum atomic E-state index is 12.6. The van der Waals surface area contributed by atoms with Crippen LogP contribution in [0.1, 0.15) is 58.7 Å². The number of carbonyl (C=O) groups is 2. The Morgan fingerprint density at radius 1 is 1.48 bits per heavy atom. The molecule has 0 aromatic carbocycles. The van der Waals surface area contributed by atoms with Crippen LogP contribution in [0.4, 0.5) is 4.79 Å². The van der Waals surface area contributed by atoms with Crippen molar-refractivity contribution in [3.8, 4) is 0 Å². The zero-order chi connectivity index (χ0) is 17.2. The lowest BCUT2D eigenvalue weighted by Gasteiger charge is -2.31. The SMILES string of the molecule is CCCn1cncc1C(C(=O)O)N(C(=O)OC(C)(C)C)C1CC1. The number of ether oxygens (including phenoxy) is 1. The van der Waals surface area contributed by atoms with Crippen LogP contribution in [-0.2, 0) is 16.1 Å². The van der Waals surface area contributed by atoms with Crippen molar-refractivity contribution in [2.45, 2.75) is 71.2 Å². The molecular weight excluding hydrogens is 298 g/mol. The van der Waals surface area contributed by atoms with Gasteiger partial charge in [0.25, 0.3) is 0 Å². The van der Waals surface area contributed by atoms with Gasteiger partial charge in [-0.2, -0.15) is 0 Å². The van der Waals surface area contributed by atoms with E-state index in [1.807, 2.05) is 6.92 Å². The van der Waals surface area contributed by atoms with E-state index in [9.17, 15) is 14.7 Å². The van der Waals surface area contributed by atoms with Gasteiger partial charge in [-0.15, -0.1) is 0 Å². The molecule has 1 fully saturated rings. The molecule has 1 aromatic rings. The lowest BCUT2D eigenvalue weighted by molar-refractivity contribution is -0.144. The standard InChI is InChI=1S/C16H25N3O4/c1-5-8-18-10-17-9-12(18)13(14(20)21)19(11-6-7-11)15(22)23-16(2,3)4/h9-11,13H,5-8H2,1-4H3,(H,20,21). The van der Waals surface area contributed by atoms with Gasteiger partial charge in [0.1, 0.15) is 5.60 Å². The molecule has 0 bridgehead atoms. The molecule has 1 N–H and O–H groups in total. The van der Waals surface area contributed by atoms with Gasteiger partial charge in [0, 0.05) is 12.6 Å². The largest absolute Gasteiger partial charge is 0.479 e. The molecule has 2 rings (SSSR count). The smallest absolute Gasteiger partial charge is 0.411 e. The third-order valence-corrected chi connectivity index (χ3v) is 3.55. The van der Waals surface area contributed by atoms with Gasteiger partial charge >= 0.3 is 12.1 Å². The Morgan fingerprint density at radius 3 is 2.61 bits per heavy atom. The number of rotatable bonds is 6. The van der Waals surface area contributed by atoms with E-state index in [0.29, 0.717) is 12.2 Å². The Kier molecular flexibility index (Phi) is 4.97. The fourth-order valence-corrected chi connectivity index (χ4v) is 2.51. The molecule has 23 heavy (non-hydrogen) atoms. The fourth-order valence-electron chi connectivity index (χ4n) is 2.51. The lowest BCUT2D eigenvalue weighted by atomic mass is 10.1. The van der Waals surface area contributed by atoms with E-state index in [1.165, 1.54) is 11.1 Å². The first-order valence-corrected chi connectivity index (χ1v) is 7.98. The van der Waals surface area contributed by atoms with Gasteiger partial charge in [-0.3, -0.25) is 4.90 Å². The summed E-state index contributed by atoms with van der Waals surface area (Å²) in [6, 6.07) is -1.16. The number of amides is 1. The molecule has 1 aromatic heterocycles. The van der Waals surface area contributed by atoms with Crippen molar-refractivity contribution in [2.75, 3.05) is 0 Å². The Bertz CT molecular complexity index is 572. The summed E-state index contributed by atoms with van der Waals surface area (Å²) in [5.74, 6) is -1.07. The predicted octanol–water partition coefficient (Wildman–Crippen LogP) is 2.82. The van der Waals surface area contributed by atoms with Gasteiger partial charge in [0.15, 0.2) is 6.04 Å². The fraction of sp³-hybridized carbons (Fsp3) is 0.688. The van der Waals surface area contributed by atoms with E-state index >= 15 is 0 Å². The molecule has 1 heterocycles.